The highest BCUT2D eigenvalue weighted by molar-refractivity contribution is 6.45. The van der Waals surface area contributed by atoms with E-state index in [1.54, 1.807) is 0 Å². The fourth-order valence-electron chi connectivity index (χ4n) is 4.25. The van der Waals surface area contributed by atoms with Gasteiger partial charge in [0.1, 0.15) is 0 Å². The first-order chi connectivity index (χ1) is 12.4. The molecule has 0 unspecified atom stereocenters. The third kappa shape index (κ3) is 2.09. The van der Waals surface area contributed by atoms with Crippen molar-refractivity contribution in [3.8, 4) is 0 Å². The average Bonchev–Trinajstić information content (AvgIpc) is 3.08. The summed E-state index contributed by atoms with van der Waals surface area (Å²) in [6, 6.07) is 30.8. The molecule has 0 bridgehead atoms. The molecule has 0 N–H and O–H groups in total. The standard InChI is InChI=1S/C24H18Si/c1-3-10-18(11-4-1)24(19-12-5-2-6-13-19)17-9-16-22-23(24)20-14-7-8-15-21(20)25-22/h1-17,25H. The highest BCUT2D eigenvalue weighted by Gasteiger charge is 2.39. The van der Waals surface area contributed by atoms with Crippen LogP contribution < -0.4 is 5.22 Å². The second-order valence-corrected chi connectivity index (χ2v) is 8.16. The van der Waals surface area contributed by atoms with Gasteiger partial charge in [-0.3, -0.25) is 0 Å². The molecule has 0 spiro atoms. The van der Waals surface area contributed by atoms with Gasteiger partial charge in [0.15, 0.2) is 0 Å². The van der Waals surface area contributed by atoms with Crippen molar-refractivity contribution in [2.24, 2.45) is 0 Å². The molecule has 1 aliphatic heterocycles. The molecule has 0 saturated carbocycles. The summed E-state index contributed by atoms with van der Waals surface area (Å²) in [7, 11) is 0.166. The number of fused-ring (bicyclic) bond motifs is 2. The van der Waals surface area contributed by atoms with Crippen LogP contribution in [0.4, 0.5) is 0 Å². The average molecular weight is 334 g/mol. The molecule has 1 heteroatoms. The van der Waals surface area contributed by atoms with Crippen LogP contribution in [0.3, 0.4) is 0 Å². The van der Waals surface area contributed by atoms with E-state index in [1.165, 1.54) is 31.9 Å². The summed E-state index contributed by atoms with van der Waals surface area (Å²) in [6.07, 6.45) is 6.98. The molecule has 118 valence electrons. The molecule has 0 amide bonds. The Labute approximate surface area is 149 Å². The van der Waals surface area contributed by atoms with Crippen molar-refractivity contribution in [3.63, 3.8) is 0 Å². The van der Waals surface area contributed by atoms with Crippen molar-refractivity contribution < 1.29 is 0 Å². The molecule has 0 atom stereocenters. The van der Waals surface area contributed by atoms with Gasteiger partial charge in [-0.05, 0) is 31.9 Å². The monoisotopic (exact) mass is 334 g/mol. The third-order valence-electron chi connectivity index (χ3n) is 5.30. The maximum Gasteiger partial charge on any atom is 0.0642 e. The molecular formula is C24H18Si. The van der Waals surface area contributed by atoms with Gasteiger partial charge in [0, 0.05) is 9.13 Å². The summed E-state index contributed by atoms with van der Waals surface area (Å²) >= 11 is 0. The quantitative estimate of drug-likeness (QED) is 0.622. The molecule has 3 aromatic carbocycles. The molecule has 3 aromatic rings. The van der Waals surface area contributed by atoms with Crippen LogP contribution >= 0.6 is 0 Å². The molecule has 0 radical (unpaired) electrons. The Hall–Kier alpha value is -2.77. The van der Waals surface area contributed by atoms with Crippen LogP contribution in [0, 0.1) is 4.81 Å². The van der Waals surface area contributed by atoms with Crippen LogP contribution in [-0.2, 0) is 5.41 Å². The molecule has 0 fully saturated rings. The Morgan fingerprint density at radius 1 is 0.640 bits per heavy atom. The topological polar surface area (TPSA) is 0 Å². The minimum atomic E-state index is -0.202. The van der Waals surface area contributed by atoms with Crippen LogP contribution in [0.15, 0.2) is 108 Å². The van der Waals surface area contributed by atoms with Gasteiger partial charge in [-0.1, -0.05) is 103 Å². The molecule has 2 aliphatic rings. The van der Waals surface area contributed by atoms with E-state index in [0.29, 0.717) is 0 Å². The lowest BCUT2D eigenvalue weighted by molar-refractivity contribution is 0.831. The molecule has 0 saturated heterocycles. The van der Waals surface area contributed by atoms with Crippen LogP contribution in [0.2, 0.25) is 0 Å². The lowest BCUT2D eigenvalue weighted by Gasteiger charge is -2.37. The van der Waals surface area contributed by atoms with Crippen LogP contribution in [0.25, 0.3) is 5.57 Å². The number of benzene rings is 3. The number of rotatable bonds is 2. The zero-order chi connectivity index (χ0) is 16.7. The number of hydrogen-bond acceptors (Lipinski definition) is 0. The van der Waals surface area contributed by atoms with Gasteiger partial charge in [0.2, 0.25) is 0 Å². The van der Waals surface area contributed by atoms with Crippen molar-refractivity contribution in [1.82, 2.24) is 0 Å². The van der Waals surface area contributed by atoms with Crippen LogP contribution in [0.5, 0.6) is 0 Å². The minimum absolute atomic E-state index is 0.166. The van der Waals surface area contributed by atoms with E-state index >= 15 is 0 Å². The van der Waals surface area contributed by atoms with E-state index in [0.717, 1.165) is 0 Å². The molecule has 0 nitrogen and oxygen atoms in total. The molecule has 25 heavy (non-hydrogen) atoms. The Balaban J connectivity index is 1.95. The Morgan fingerprint density at radius 2 is 1.24 bits per heavy atom. The first kappa shape index (κ1) is 14.6. The minimum Gasteiger partial charge on any atom is -0.0652 e. The smallest absolute Gasteiger partial charge is 0.0642 e. The lowest BCUT2D eigenvalue weighted by Crippen LogP contribution is -2.32. The SMILES string of the molecule is C1=CC(c2ccccc2)(c2ccccc2)C2=c3ccccc3=[SiH]C2=C1. The van der Waals surface area contributed by atoms with Gasteiger partial charge in [-0.2, -0.15) is 0 Å². The van der Waals surface area contributed by atoms with Gasteiger partial charge in [0.05, 0.1) is 5.41 Å². The third-order valence-corrected chi connectivity index (χ3v) is 6.91. The van der Waals surface area contributed by atoms with E-state index in [4.69, 9.17) is 0 Å². The maximum absolute atomic E-state index is 2.39. The Kier molecular flexibility index (Phi) is 3.29. The predicted molar refractivity (Wildman–Crippen MR) is 106 cm³/mol. The van der Waals surface area contributed by atoms with Crippen molar-refractivity contribution in [2.45, 2.75) is 5.41 Å². The zero-order valence-electron chi connectivity index (χ0n) is 13.9. The van der Waals surface area contributed by atoms with Crippen molar-refractivity contribution in [1.29, 1.82) is 0 Å². The first-order valence-corrected chi connectivity index (χ1v) is 9.87. The Morgan fingerprint density at radius 3 is 1.92 bits per heavy atom. The summed E-state index contributed by atoms with van der Waals surface area (Å²) in [5, 5.41) is 2.96. The summed E-state index contributed by atoms with van der Waals surface area (Å²) in [5.74, 6) is 0. The number of hydrogen-bond donors (Lipinski definition) is 0. The van der Waals surface area contributed by atoms with Crippen molar-refractivity contribution >= 4 is 14.7 Å². The van der Waals surface area contributed by atoms with Gasteiger partial charge in [-0.15, -0.1) is 0 Å². The molecule has 0 aromatic heterocycles. The second-order valence-electron chi connectivity index (χ2n) is 6.63. The molecular weight excluding hydrogens is 316 g/mol. The summed E-state index contributed by atoms with van der Waals surface area (Å²) < 4.78 is 0. The largest absolute Gasteiger partial charge is 0.0652 e. The van der Waals surface area contributed by atoms with E-state index in [9.17, 15) is 0 Å². The van der Waals surface area contributed by atoms with Gasteiger partial charge in [0.25, 0.3) is 0 Å². The summed E-state index contributed by atoms with van der Waals surface area (Å²) in [6.45, 7) is 0. The molecule has 5 rings (SSSR count). The molecule has 1 heterocycles. The maximum atomic E-state index is 2.39. The second kappa shape index (κ2) is 5.64. The van der Waals surface area contributed by atoms with Crippen LogP contribution in [-0.4, -0.2) is 9.13 Å². The van der Waals surface area contributed by atoms with Crippen molar-refractivity contribution in [2.75, 3.05) is 0 Å². The van der Waals surface area contributed by atoms with E-state index in [2.05, 4.69) is 103 Å². The van der Waals surface area contributed by atoms with E-state index < -0.39 is 0 Å². The summed E-state index contributed by atoms with van der Waals surface area (Å²) in [4.78, 5) is 1.52. The fourth-order valence-corrected chi connectivity index (χ4v) is 5.92. The highest BCUT2D eigenvalue weighted by atomic mass is 28.2. The zero-order valence-corrected chi connectivity index (χ0v) is 15.0. The highest BCUT2D eigenvalue weighted by Crippen LogP contribution is 2.46. The van der Waals surface area contributed by atoms with E-state index in [-0.39, 0.29) is 14.5 Å². The van der Waals surface area contributed by atoms with Gasteiger partial charge < -0.3 is 0 Å². The first-order valence-electron chi connectivity index (χ1n) is 8.72. The van der Waals surface area contributed by atoms with Gasteiger partial charge in [-0.25, -0.2) is 0 Å². The normalized spacial score (nSPS) is 16.6. The molecule has 1 aliphatic carbocycles. The van der Waals surface area contributed by atoms with Gasteiger partial charge >= 0.3 is 0 Å². The lowest BCUT2D eigenvalue weighted by atomic mass is 9.66. The summed E-state index contributed by atoms with van der Waals surface area (Å²) in [5.41, 5.74) is 3.97. The van der Waals surface area contributed by atoms with Crippen LogP contribution in [0.1, 0.15) is 11.1 Å². The fraction of sp³-hybridized carbons (Fsp3) is 0.0417. The van der Waals surface area contributed by atoms with Crippen molar-refractivity contribution in [3.05, 3.63) is 130 Å². The predicted octanol–water partition coefficient (Wildman–Crippen LogP) is 3.98. The Bertz CT molecular complexity index is 1080. The van der Waals surface area contributed by atoms with E-state index in [1.807, 2.05) is 0 Å². The number of allylic oxidation sites excluding steroid dienone is 4.